The standard InChI is InChI=1S/C30H27NO4.C29H28NO4S/c1-18(2)8-13-27(31-35-19(3)32)20-9-11-25-23(14-20)16-24-15-22(10-12-26(24)25)30(33)29-17-21-6-4-5-7-28(21)34-29;1-20(2)16-17-30(19-33-21(3)31)24-10-14-26(15-11-24)35-25-12-8-22(9-13-25)29(32)28-18-23-6-4-5-7-27(23)34-28/h4-7,9-12,14-15,17-18H,8,13,16H2,1-3H3;4-15,18-20H,16-17H2,1-3H3/q;+1/b31-27+;. The van der Waals surface area contributed by atoms with Gasteiger partial charge in [0.1, 0.15) is 11.2 Å². The molecule has 1 aliphatic rings. The van der Waals surface area contributed by atoms with Crippen molar-refractivity contribution in [3.05, 3.63) is 185 Å². The maximum atomic E-state index is 13.1. The number of esters is 1. The number of hydrogen-bond acceptors (Lipinski definition) is 10. The first-order valence-electron chi connectivity index (χ1n) is 23.5. The van der Waals surface area contributed by atoms with Gasteiger partial charge < -0.3 is 18.4 Å². The number of fused-ring (bicyclic) bond motifs is 5. The maximum absolute atomic E-state index is 13.1. The molecule has 0 saturated carbocycles. The Labute approximate surface area is 412 Å². The average Bonchev–Trinajstić information content (AvgIpc) is 4.09. The number of rotatable bonds is 16. The smallest absolute Gasteiger partial charge is 0.337 e. The number of hydrogen-bond donors (Lipinski definition) is 0. The third-order valence-corrected chi connectivity index (χ3v) is 12.8. The van der Waals surface area contributed by atoms with E-state index in [0.29, 0.717) is 45.6 Å². The number of ether oxygens (including phenoxy) is 1. The van der Waals surface area contributed by atoms with Crippen LogP contribution in [0.5, 0.6) is 0 Å². The summed E-state index contributed by atoms with van der Waals surface area (Å²) in [6, 6.07) is 46.6. The fourth-order valence-corrected chi connectivity index (χ4v) is 8.90. The van der Waals surface area contributed by atoms with Crippen molar-refractivity contribution in [2.75, 3.05) is 6.54 Å². The van der Waals surface area contributed by atoms with Crippen LogP contribution in [0.2, 0.25) is 0 Å². The van der Waals surface area contributed by atoms with Crippen LogP contribution in [0.4, 0.5) is 5.69 Å². The third kappa shape index (κ3) is 12.1. The van der Waals surface area contributed by atoms with Crippen molar-refractivity contribution in [1.82, 2.24) is 0 Å². The van der Waals surface area contributed by atoms with Crippen LogP contribution in [0.1, 0.15) is 110 Å². The minimum atomic E-state index is -0.428. The summed E-state index contributed by atoms with van der Waals surface area (Å²) in [5, 5.41) is 5.97. The second kappa shape index (κ2) is 22.2. The topological polar surface area (TPSA) is 128 Å². The molecule has 0 N–H and O–H groups in total. The van der Waals surface area contributed by atoms with Crippen LogP contribution in [-0.4, -0.2) is 46.7 Å². The number of ketones is 2. The normalized spacial score (nSPS) is 12.2. The van der Waals surface area contributed by atoms with Crippen LogP contribution in [-0.2, 0) is 25.6 Å². The fraction of sp³-hybridized carbons (Fsp3) is 0.220. The van der Waals surface area contributed by atoms with Gasteiger partial charge >= 0.3 is 18.3 Å². The molecule has 0 atom stereocenters. The number of oxime groups is 1. The molecule has 2 aromatic heterocycles. The van der Waals surface area contributed by atoms with E-state index in [9.17, 15) is 19.2 Å². The Bertz CT molecular complexity index is 3200. The summed E-state index contributed by atoms with van der Waals surface area (Å²) in [6.45, 7) is 12.2. The molecule has 1 aliphatic carbocycles. The molecule has 0 aliphatic heterocycles. The quantitative estimate of drug-likeness (QED) is 0.0177. The van der Waals surface area contributed by atoms with Gasteiger partial charge in [0.25, 0.3) is 0 Å². The first kappa shape index (κ1) is 48.8. The van der Waals surface area contributed by atoms with Gasteiger partial charge in [-0.1, -0.05) is 105 Å². The second-order valence-electron chi connectivity index (χ2n) is 18.1. The molecule has 2 heterocycles. The Hall–Kier alpha value is -7.63. The molecule has 0 fully saturated rings. The van der Waals surface area contributed by atoms with Crippen molar-refractivity contribution in [1.29, 1.82) is 0 Å². The van der Waals surface area contributed by atoms with Crippen LogP contribution in [0.15, 0.2) is 169 Å². The first-order chi connectivity index (χ1) is 33.8. The zero-order valence-corrected chi connectivity index (χ0v) is 41.0. The van der Waals surface area contributed by atoms with Gasteiger partial charge in [-0.05, 0) is 132 Å². The number of para-hydroxylation sites is 2. The summed E-state index contributed by atoms with van der Waals surface area (Å²) >= 11 is 1.62. The highest BCUT2D eigenvalue weighted by Gasteiger charge is 2.23. The van der Waals surface area contributed by atoms with Gasteiger partial charge in [0.15, 0.2) is 18.1 Å². The van der Waals surface area contributed by atoms with E-state index >= 15 is 0 Å². The van der Waals surface area contributed by atoms with Gasteiger partial charge in [-0.15, -0.1) is 0 Å². The number of carbonyl (C=O) groups excluding carboxylic acids is 4. The van der Waals surface area contributed by atoms with Gasteiger partial charge in [-0.25, -0.2) is 4.79 Å². The zero-order chi connectivity index (χ0) is 49.3. The van der Waals surface area contributed by atoms with Crippen molar-refractivity contribution in [2.45, 2.75) is 77.0 Å². The van der Waals surface area contributed by atoms with Gasteiger partial charge in [0.05, 0.1) is 5.71 Å². The molecule has 354 valence electrons. The van der Waals surface area contributed by atoms with Crippen LogP contribution >= 0.6 is 11.8 Å². The molecule has 0 bridgehead atoms. The first-order valence-corrected chi connectivity index (χ1v) is 24.3. The Kier molecular flexibility index (Phi) is 15.5. The summed E-state index contributed by atoms with van der Waals surface area (Å²) in [5.74, 6) is 0.725. The number of nitrogens with zero attached hydrogens (tertiary/aromatic N) is 2. The monoisotopic (exact) mass is 951 g/mol. The minimum Gasteiger partial charge on any atom is -0.453 e. The van der Waals surface area contributed by atoms with Crippen molar-refractivity contribution < 1.29 is 42.2 Å². The lowest BCUT2D eigenvalue weighted by atomic mass is 9.97. The maximum Gasteiger partial charge on any atom is 0.337 e. The van der Waals surface area contributed by atoms with Gasteiger partial charge in [0.2, 0.25) is 17.3 Å². The molecule has 8 aromatic rings. The van der Waals surface area contributed by atoms with Crippen molar-refractivity contribution in [2.24, 2.45) is 17.0 Å². The molecule has 0 spiro atoms. The molecule has 11 heteroatoms. The Morgan fingerprint density at radius 2 is 1.13 bits per heavy atom. The van der Waals surface area contributed by atoms with E-state index in [1.54, 1.807) is 23.9 Å². The third-order valence-electron chi connectivity index (χ3n) is 11.8. The highest BCUT2D eigenvalue weighted by Crippen LogP contribution is 2.38. The Balaban J connectivity index is 0.000000188. The largest absolute Gasteiger partial charge is 0.453 e. The van der Waals surface area contributed by atoms with Crippen LogP contribution in [0.3, 0.4) is 0 Å². The summed E-state index contributed by atoms with van der Waals surface area (Å²) < 4.78 is 18.6. The molecule has 0 unspecified atom stereocenters. The SMILES string of the molecule is CC(=O)O/N=C(\CCC(C)C)c1ccc2c(c1)Cc1cc(C(=O)c3cc4ccccc4o3)ccc1-2.CC(=O)OC=[N+](CCC(C)C)c1ccc(Sc2ccc(C(=O)c3cc4ccccc4o3)cc2)cc1. The lowest BCUT2D eigenvalue weighted by Crippen LogP contribution is -2.14. The van der Waals surface area contributed by atoms with Crippen LogP contribution < -0.4 is 0 Å². The fourth-order valence-electron chi connectivity index (χ4n) is 8.08. The number of carbonyl (C=O) groups is 4. The predicted molar refractivity (Wildman–Crippen MR) is 275 cm³/mol. The van der Waals surface area contributed by atoms with Crippen molar-refractivity contribution >= 4 is 75.0 Å². The summed E-state index contributed by atoms with van der Waals surface area (Å²) in [4.78, 5) is 55.6. The summed E-state index contributed by atoms with van der Waals surface area (Å²) in [5.41, 5.74) is 9.88. The molecule has 10 nitrogen and oxygen atoms in total. The van der Waals surface area contributed by atoms with E-state index in [4.69, 9.17) is 18.4 Å². The predicted octanol–water partition coefficient (Wildman–Crippen LogP) is 14.0. The lowest BCUT2D eigenvalue weighted by molar-refractivity contribution is -0.445. The van der Waals surface area contributed by atoms with E-state index < -0.39 is 5.97 Å². The zero-order valence-electron chi connectivity index (χ0n) is 40.2. The number of furan rings is 2. The average molecular weight is 952 g/mol. The molecule has 9 rings (SSSR count). The molecule has 0 saturated heterocycles. The second-order valence-corrected chi connectivity index (χ2v) is 19.3. The Morgan fingerprint density at radius 1 is 0.614 bits per heavy atom. The number of benzene rings is 6. The van der Waals surface area contributed by atoms with E-state index in [2.05, 4.69) is 45.0 Å². The minimum absolute atomic E-state index is 0.120. The molecule has 6 aromatic carbocycles. The summed E-state index contributed by atoms with van der Waals surface area (Å²) in [7, 11) is 0. The Morgan fingerprint density at radius 3 is 1.67 bits per heavy atom. The van der Waals surface area contributed by atoms with E-state index in [-0.39, 0.29) is 17.5 Å². The molecular formula is C59H55N2O8S+. The van der Waals surface area contributed by atoms with E-state index in [1.165, 1.54) is 25.8 Å². The molecule has 70 heavy (non-hydrogen) atoms. The van der Waals surface area contributed by atoms with Gasteiger partial charge in [-0.2, -0.15) is 4.58 Å². The van der Waals surface area contributed by atoms with Crippen molar-refractivity contribution in [3.8, 4) is 11.1 Å². The van der Waals surface area contributed by atoms with Crippen LogP contribution in [0.25, 0.3) is 33.1 Å². The highest BCUT2D eigenvalue weighted by molar-refractivity contribution is 7.99. The lowest BCUT2D eigenvalue weighted by Gasteiger charge is -2.10. The highest BCUT2D eigenvalue weighted by atomic mass is 32.2. The van der Waals surface area contributed by atoms with E-state index in [1.807, 2.05) is 126 Å². The molecular weight excluding hydrogens is 897 g/mol. The molecule has 0 radical (unpaired) electrons. The summed E-state index contributed by atoms with van der Waals surface area (Å²) in [6.07, 6.45) is 4.88. The van der Waals surface area contributed by atoms with Gasteiger partial charge in [0, 0.05) is 64.1 Å². The van der Waals surface area contributed by atoms with Gasteiger partial charge in [-0.3, -0.25) is 14.4 Å². The molecule has 0 amide bonds. The van der Waals surface area contributed by atoms with Crippen LogP contribution in [0, 0.1) is 11.8 Å². The van der Waals surface area contributed by atoms with E-state index in [0.717, 1.165) is 86.4 Å². The van der Waals surface area contributed by atoms with Crippen molar-refractivity contribution in [3.63, 3.8) is 0 Å².